The molecule has 0 aromatic heterocycles. The summed E-state index contributed by atoms with van der Waals surface area (Å²) in [5.74, 6) is 1.69. The smallest absolute Gasteiger partial charge is 0.232 e. The van der Waals surface area contributed by atoms with E-state index in [0.717, 1.165) is 41.8 Å². The van der Waals surface area contributed by atoms with Gasteiger partial charge in [0, 0.05) is 29.0 Å². The molecular formula is C17H24Cl2N2OS. The summed E-state index contributed by atoms with van der Waals surface area (Å²) >= 11 is 7.46. The third-order valence-corrected chi connectivity index (χ3v) is 5.66. The number of hydrogen-bond donors (Lipinski definition) is 1. The number of nitrogens with one attached hydrogen (secondary N) is 1. The van der Waals surface area contributed by atoms with E-state index in [2.05, 4.69) is 5.32 Å². The van der Waals surface area contributed by atoms with Crippen molar-refractivity contribution < 1.29 is 4.79 Å². The van der Waals surface area contributed by atoms with E-state index in [1.165, 1.54) is 19.4 Å². The summed E-state index contributed by atoms with van der Waals surface area (Å²) in [6, 6.07) is 8.27. The minimum absolute atomic E-state index is 0. The molecule has 2 aliphatic rings. The van der Waals surface area contributed by atoms with E-state index in [1.54, 1.807) is 11.8 Å². The van der Waals surface area contributed by atoms with E-state index in [9.17, 15) is 4.79 Å². The van der Waals surface area contributed by atoms with E-state index in [1.807, 2.05) is 29.2 Å². The predicted octanol–water partition coefficient (Wildman–Crippen LogP) is 3.84. The van der Waals surface area contributed by atoms with Crippen LogP contribution in [-0.2, 0) is 4.79 Å². The largest absolute Gasteiger partial charge is 0.342 e. The highest BCUT2D eigenvalue weighted by Gasteiger charge is 2.25. The standard InChI is InChI=1S/C17H23ClN2OS.ClH/c18-14-3-5-16(6-4-14)22-12-17(21)20-9-7-15(8-10-20)19-11-13-1-2-13;/h3-6,13,15,19H,1-2,7-12H2;1H. The minimum atomic E-state index is 0. The molecule has 23 heavy (non-hydrogen) atoms. The first kappa shape index (κ1) is 18.9. The van der Waals surface area contributed by atoms with Crippen LogP contribution in [0.3, 0.4) is 0 Å². The van der Waals surface area contributed by atoms with Crippen LogP contribution in [0, 0.1) is 5.92 Å². The normalized spacial score (nSPS) is 18.6. The number of likely N-dealkylation sites (tertiary alicyclic amines) is 1. The summed E-state index contributed by atoms with van der Waals surface area (Å²) in [6.45, 7) is 2.95. The van der Waals surface area contributed by atoms with Gasteiger partial charge in [-0.25, -0.2) is 0 Å². The summed E-state index contributed by atoms with van der Waals surface area (Å²) in [4.78, 5) is 15.4. The zero-order chi connectivity index (χ0) is 15.4. The lowest BCUT2D eigenvalue weighted by molar-refractivity contribution is -0.129. The summed E-state index contributed by atoms with van der Waals surface area (Å²) in [5, 5.41) is 4.38. The molecule has 0 radical (unpaired) electrons. The number of carbonyl (C=O) groups is 1. The highest BCUT2D eigenvalue weighted by molar-refractivity contribution is 8.00. The molecule has 6 heteroatoms. The highest BCUT2D eigenvalue weighted by atomic mass is 35.5. The number of amides is 1. The molecule has 1 aromatic carbocycles. The van der Waals surface area contributed by atoms with Crippen molar-refractivity contribution in [2.75, 3.05) is 25.4 Å². The molecule has 1 aromatic rings. The third-order valence-electron chi connectivity index (χ3n) is 4.42. The van der Waals surface area contributed by atoms with Crippen molar-refractivity contribution in [3.8, 4) is 0 Å². The summed E-state index contributed by atoms with van der Waals surface area (Å²) in [5.41, 5.74) is 0. The molecule has 0 unspecified atom stereocenters. The lowest BCUT2D eigenvalue weighted by Crippen LogP contribution is -2.45. The van der Waals surface area contributed by atoms with E-state index < -0.39 is 0 Å². The van der Waals surface area contributed by atoms with Gasteiger partial charge in [-0.3, -0.25) is 4.79 Å². The van der Waals surface area contributed by atoms with E-state index >= 15 is 0 Å². The van der Waals surface area contributed by atoms with Crippen LogP contribution in [-0.4, -0.2) is 42.2 Å². The monoisotopic (exact) mass is 374 g/mol. The highest BCUT2D eigenvalue weighted by Crippen LogP contribution is 2.28. The number of nitrogens with zero attached hydrogens (tertiary/aromatic N) is 1. The van der Waals surface area contributed by atoms with Gasteiger partial charge in [-0.2, -0.15) is 0 Å². The maximum Gasteiger partial charge on any atom is 0.232 e. The van der Waals surface area contributed by atoms with Gasteiger partial charge >= 0.3 is 0 Å². The molecule has 3 nitrogen and oxygen atoms in total. The van der Waals surface area contributed by atoms with Crippen LogP contribution >= 0.6 is 35.8 Å². The Morgan fingerprint density at radius 3 is 2.43 bits per heavy atom. The Labute approximate surface area is 153 Å². The van der Waals surface area contributed by atoms with Crippen LogP contribution in [0.15, 0.2) is 29.2 Å². The van der Waals surface area contributed by atoms with E-state index in [4.69, 9.17) is 11.6 Å². The van der Waals surface area contributed by atoms with Crippen molar-refractivity contribution >= 4 is 41.7 Å². The predicted molar refractivity (Wildman–Crippen MR) is 99.8 cm³/mol. The first-order valence-corrected chi connectivity index (χ1v) is 9.46. The van der Waals surface area contributed by atoms with Gasteiger partial charge in [-0.1, -0.05) is 11.6 Å². The number of halogens is 2. The van der Waals surface area contributed by atoms with Crippen LogP contribution in [0.2, 0.25) is 5.02 Å². The van der Waals surface area contributed by atoms with Gasteiger partial charge in [-0.15, -0.1) is 24.2 Å². The van der Waals surface area contributed by atoms with Crippen LogP contribution in [0.5, 0.6) is 0 Å². The molecule has 128 valence electrons. The van der Waals surface area contributed by atoms with Gasteiger partial charge in [0.1, 0.15) is 0 Å². The van der Waals surface area contributed by atoms with Crippen LogP contribution in [0.4, 0.5) is 0 Å². The van der Waals surface area contributed by atoms with Crippen molar-refractivity contribution in [2.24, 2.45) is 5.92 Å². The quantitative estimate of drug-likeness (QED) is 0.767. The maximum absolute atomic E-state index is 12.3. The fraction of sp³-hybridized carbons (Fsp3) is 0.588. The Bertz CT molecular complexity index is 500. The molecule has 1 aliphatic heterocycles. The van der Waals surface area contributed by atoms with Crippen molar-refractivity contribution in [2.45, 2.75) is 36.6 Å². The second-order valence-corrected chi connectivity index (χ2v) is 7.73. The van der Waals surface area contributed by atoms with Crippen LogP contribution < -0.4 is 5.32 Å². The number of hydrogen-bond acceptors (Lipinski definition) is 3. The van der Waals surface area contributed by atoms with E-state index in [-0.39, 0.29) is 18.3 Å². The second-order valence-electron chi connectivity index (χ2n) is 6.25. The molecule has 1 aliphatic carbocycles. The fourth-order valence-electron chi connectivity index (χ4n) is 2.76. The first-order chi connectivity index (χ1) is 10.7. The summed E-state index contributed by atoms with van der Waals surface area (Å²) in [7, 11) is 0. The number of benzene rings is 1. The molecule has 3 rings (SSSR count). The van der Waals surface area contributed by atoms with Crippen molar-refractivity contribution in [1.82, 2.24) is 10.2 Å². The SMILES string of the molecule is Cl.O=C(CSc1ccc(Cl)cc1)N1CCC(NCC2CC2)CC1. The molecule has 1 amide bonds. The topological polar surface area (TPSA) is 32.3 Å². The van der Waals surface area contributed by atoms with Crippen molar-refractivity contribution in [3.63, 3.8) is 0 Å². The van der Waals surface area contributed by atoms with Gasteiger partial charge in [-0.05, 0) is 62.4 Å². The summed E-state index contributed by atoms with van der Waals surface area (Å²) < 4.78 is 0. The van der Waals surface area contributed by atoms with E-state index in [0.29, 0.717) is 11.8 Å². The molecule has 1 saturated heterocycles. The molecule has 1 saturated carbocycles. The Kier molecular flexibility index (Phi) is 7.54. The average molecular weight is 375 g/mol. The third kappa shape index (κ3) is 6.18. The van der Waals surface area contributed by atoms with Crippen LogP contribution in [0.1, 0.15) is 25.7 Å². The lowest BCUT2D eigenvalue weighted by atomic mass is 10.0. The average Bonchev–Trinajstić information content (AvgIpc) is 3.37. The fourth-order valence-corrected chi connectivity index (χ4v) is 3.68. The second kappa shape index (κ2) is 9.16. The molecule has 1 heterocycles. The van der Waals surface area contributed by atoms with Gasteiger partial charge in [0.2, 0.25) is 5.91 Å². The molecule has 0 atom stereocenters. The molecule has 1 N–H and O–H groups in total. The Morgan fingerprint density at radius 2 is 1.83 bits per heavy atom. The summed E-state index contributed by atoms with van der Waals surface area (Å²) in [6.07, 6.45) is 4.96. The number of piperidine rings is 1. The first-order valence-electron chi connectivity index (χ1n) is 8.10. The van der Waals surface area contributed by atoms with Gasteiger partial charge in [0.15, 0.2) is 0 Å². The Balaban J connectivity index is 0.00000192. The lowest BCUT2D eigenvalue weighted by Gasteiger charge is -2.32. The number of rotatable bonds is 6. The van der Waals surface area contributed by atoms with Crippen LogP contribution in [0.25, 0.3) is 0 Å². The molecular weight excluding hydrogens is 351 g/mol. The Morgan fingerprint density at radius 1 is 1.17 bits per heavy atom. The van der Waals surface area contributed by atoms with Crippen molar-refractivity contribution in [3.05, 3.63) is 29.3 Å². The number of thioether (sulfide) groups is 1. The molecule has 0 spiro atoms. The zero-order valence-electron chi connectivity index (χ0n) is 13.2. The molecule has 2 fully saturated rings. The number of carbonyl (C=O) groups excluding carboxylic acids is 1. The maximum atomic E-state index is 12.3. The molecule has 0 bridgehead atoms. The van der Waals surface area contributed by atoms with Gasteiger partial charge in [0.05, 0.1) is 5.75 Å². The van der Waals surface area contributed by atoms with Crippen molar-refractivity contribution in [1.29, 1.82) is 0 Å². The van der Waals surface area contributed by atoms with Gasteiger partial charge < -0.3 is 10.2 Å². The Hall–Kier alpha value is -0.420. The zero-order valence-corrected chi connectivity index (χ0v) is 15.6. The van der Waals surface area contributed by atoms with Gasteiger partial charge in [0.25, 0.3) is 0 Å². The minimum Gasteiger partial charge on any atom is -0.342 e.